The molecule has 2 aliphatic rings. The van der Waals surface area contributed by atoms with E-state index in [1.54, 1.807) is 12.1 Å². The number of fused-ring (bicyclic) bond motifs is 2. The Morgan fingerprint density at radius 2 is 1.12 bits per heavy atom. The van der Waals surface area contributed by atoms with Crippen molar-refractivity contribution in [2.75, 3.05) is 52.5 Å². The average Bonchev–Trinajstić information content (AvgIpc) is 2.85. The molecule has 3 aromatic rings. The zero-order valence-electron chi connectivity index (χ0n) is 19.4. The maximum Gasteiger partial charge on any atom is 0.200 e. The van der Waals surface area contributed by atoms with E-state index in [0.29, 0.717) is 35.2 Å². The molecule has 1 aromatic heterocycles. The fourth-order valence-electron chi connectivity index (χ4n) is 4.94. The summed E-state index contributed by atoms with van der Waals surface area (Å²) in [5.74, 6) is 1.46. The second-order valence-corrected chi connectivity index (χ2v) is 9.25. The third kappa shape index (κ3) is 5.50. The molecule has 2 aliphatic heterocycles. The Balaban J connectivity index is 1.26. The van der Waals surface area contributed by atoms with Crippen molar-refractivity contribution < 1.29 is 13.9 Å². The normalized spacial score (nSPS) is 18.1. The summed E-state index contributed by atoms with van der Waals surface area (Å²) in [6.07, 6.45) is 7.77. The van der Waals surface area contributed by atoms with Gasteiger partial charge in [-0.1, -0.05) is 12.8 Å². The lowest BCUT2D eigenvalue weighted by atomic mass is 10.1. The van der Waals surface area contributed by atoms with E-state index in [1.807, 2.05) is 24.3 Å². The Kier molecular flexibility index (Phi) is 7.12. The minimum atomic E-state index is -0.0222. The molecule has 3 heterocycles. The average molecular weight is 451 g/mol. The molecule has 2 fully saturated rings. The molecule has 0 bridgehead atoms. The first-order valence-electron chi connectivity index (χ1n) is 12.5. The first kappa shape index (κ1) is 22.2. The third-order valence-electron chi connectivity index (χ3n) is 6.87. The van der Waals surface area contributed by atoms with Crippen LogP contribution in [0.4, 0.5) is 0 Å². The van der Waals surface area contributed by atoms with Crippen LogP contribution in [-0.2, 0) is 0 Å². The van der Waals surface area contributed by atoms with Crippen LogP contribution in [0.1, 0.15) is 38.5 Å². The number of rotatable bonds is 8. The molecule has 0 atom stereocenters. The van der Waals surface area contributed by atoms with Crippen molar-refractivity contribution in [3.63, 3.8) is 0 Å². The van der Waals surface area contributed by atoms with Gasteiger partial charge >= 0.3 is 0 Å². The van der Waals surface area contributed by atoms with Crippen LogP contribution in [0, 0.1) is 0 Å². The highest BCUT2D eigenvalue weighted by Crippen LogP contribution is 2.26. The Morgan fingerprint density at radius 1 is 0.667 bits per heavy atom. The highest BCUT2D eigenvalue weighted by atomic mass is 16.5. The van der Waals surface area contributed by atoms with Crippen LogP contribution in [0.2, 0.25) is 0 Å². The quantitative estimate of drug-likeness (QED) is 0.465. The summed E-state index contributed by atoms with van der Waals surface area (Å²) in [4.78, 5) is 17.9. The van der Waals surface area contributed by atoms with Crippen molar-refractivity contribution in [1.29, 1.82) is 0 Å². The summed E-state index contributed by atoms with van der Waals surface area (Å²) in [6, 6.07) is 11.0. The largest absolute Gasteiger partial charge is 0.492 e. The zero-order valence-corrected chi connectivity index (χ0v) is 19.4. The molecule has 2 aromatic carbocycles. The predicted octanol–water partition coefficient (Wildman–Crippen LogP) is 4.68. The van der Waals surface area contributed by atoms with Crippen molar-refractivity contribution in [3.05, 3.63) is 46.6 Å². The predicted molar refractivity (Wildman–Crippen MR) is 132 cm³/mol. The number of nitrogens with zero attached hydrogens (tertiary/aromatic N) is 2. The molecule has 0 amide bonds. The molecule has 2 saturated heterocycles. The zero-order chi connectivity index (χ0) is 22.5. The van der Waals surface area contributed by atoms with Gasteiger partial charge in [-0.25, -0.2) is 0 Å². The fraction of sp³-hybridized carbons (Fsp3) is 0.519. The smallest absolute Gasteiger partial charge is 0.200 e. The van der Waals surface area contributed by atoms with Crippen LogP contribution in [0.3, 0.4) is 0 Å². The molecule has 33 heavy (non-hydrogen) atoms. The molecular weight excluding hydrogens is 416 g/mol. The molecule has 0 spiro atoms. The number of ether oxygens (including phenoxy) is 2. The van der Waals surface area contributed by atoms with Gasteiger partial charge in [0, 0.05) is 25.2 Å². The molecule has 6 heteroatoms. The van der Waals surface area contributed by atoms with Gasteiger partial charge < -0.3 is 13.9 Å². The van der Waals surface area contributed by atoms with Crippen molar-refractivity contribution in [2.45, 2.75) is 38.5 Å². The summed E-state index contributed by atoms with van der Waals surface area (Å²) >= 11 is 0. The fourth-order valence-corrected chi connectivity index (χ4v) is 4.94. The van der Waals surface area contributed by atoms with Crippen molar-refractivity contribution in [3.8, 4) is 11.5 Å². The van der Waals surface area contributed by atoms with E-state index in [1.165, 1.54) is 38.5 Å². The van der Waals surface area contributed by atoms with Crippen LogP contribution in [0.25, 0.3) is 21.9 Å². The second-order valence-electron chi connectivity index (χ2n) is 9.25. The highest BCUT2D eigenvalue weighted by Gasteiger charge is 2.13. The lowest BCUT2D eigenvalue weighted by Crippen LogP contribution is -2.33. The standard InChI is InChI=1S/C27H34N2O4/c30-27-23-9-7-21(31-17-15-28-11-3-1-4-12-28)19-25(23)33-26-20-22(8-10-24(26)27)32-18-16-29-13-5-2-6-14-29/h7-10,19-20H,1-6,11-18H2. The highest BCUT2D eigenvalue weighted by molar-refractivity contribution is 5.90. The lowest BCUT2D eigenvalue weighted by molar-refractivity contribution is 0.183. The molecule has 0 aliphatic carbocycles. The monoisotopic (exact) mass is 450 g/mol. The van der Waals surface area contributed by atoms with Gasteiger partial charge in [-0.15, -0.1) is 0 Å². The number of benzene rings is 2. The van der Waals surface area contributed by atoms with Crippen molar-refractivity contribution in [1.82, 2.24) is 9.80 Å². The molecule has 0 unspecified atom stereocenters. The summed E-state index contributed by atoms with van der Waals surface area (Å²) in [5.41, 5.74) is 1.08. The maximum absolute atomic E-state index is 13.0. The molecule has 176 valence electrons. The van der Waals surface area contributed by atoms with Gasteiger partial charge in [0.2, 0.25) is 5.43 Å². The van der Waals surface area contributed by atoms with Gasteiger partial charge in [0.25, 0.3) is 0 Å². The van der Waals surface area contributed by atoms with Gasteiger partial charge in [0.1, 0.15) is 35.9 Å². The number of hydrogen-bond acceptors (Lipinski definition) is 6. The Hall–Kier alpha value is -2.57. The summed E-state index contributed by atoms with van der Waals surface area (Å²) < 4.78 is 18.1. The Bertz CT molecular complexity index is 1050. The molecule has 5 rings (SSSR count). The van der Waals surface area contributed by atoms with E-state index >= 15 is 0 Å². The number of piperidine rings is 2. The number of likely N-dealkylation sites (tertiary alicyclic amines) is 2. The van der Waals surface area contributed by atoms with Crippen LogP contribution in [0.15, 0.2) is 45.6 Å². The first-order valence-corrected chi connectivity index (χ1v) is 12.5. The Morgan fingerprint density at radius 3 is 1.58 bits per heavy atom. The second kappa shape index (κ2) is 10.6. The van der Waals surface area contributed by atoms with E-state index in [-0.39, 0.29) is 5.43 Å². The van der Waals surface area contributed by atoms with Gasteiger partial charge in [0.15, 0.2) is 0 Å². The van der Waals surface area contributed by atoms with Gasteiger partial charge in [-0.05, 0) is 76.1 Å². The van der Waals surface area contributed by atoms with E-state index in [0.717, 1.165) is 50.8 Å². The van der Waals surface area contributed by atoms with Gasteiger partial charge in [-0.2, -0.15) is 0 Å². The van der Waals surface area contributed by atoms with Gasteiger partial charge in [0.05, 0.1) is 10.8 Å². The van der Waals surface area contributed by atoms with E-state index in [2.05, 4.69) is 9.80 Å². The van der Waals surface area contributed by atoms with Gasteiger partial charge in [-0.3, -0.25) is 14.6 Å². The van der Waals surface area contributed by atoms with Crippen molar-refractivity contribution in [2.24, 2.45) is 0 Å². The van der Waals surface area contributed by atoms with Crippen LogP contribution in [0.5, 0.6) is 11.5 Å². The summed E-state index contributed by atoms with van der Waals surface area (Å²) in [7, 11) is 0. The van der Waals surface area contributed by atoms with Crippen LogP contribution in [-0.4, -0.2) is 62.3 Å². The molecular formula is C27H34N2O4. The van der Waals surface area contributed by atoms with Crippen LogP contribution < -0.4 is 14.9 Å². The Labute approximate surface area is 195 Å². The maximum atomic E-state index is 13.0. The van der Waals surface area contributed by atoms with E-state index in [9.17, 15) is 4.79 Å². The minimum Gasteiger partial charge on any atom is -0.492 e. The number of hydrogen-bond donors (Lipinski definition) is 0. The molecule has 0 saturated carbocycles. The first-order chi connectivity index (χ1) is 16.3. The molecule has 0 N–H and O–H groups in total. The third-order valence-corrected chi connectivity index (χ3v) is 6.87. The molecule has 6 nitrogen and oxygen atoms in total. The van der Waals surface area contributed by atoms with Crippen LogP contribution >= 0.6 is 0 Å². The topological polar surface area (TPSA) is 55.1 Å². The lowest BCUT2D eigenvalue weighted by Gasteiger charge is -2.26. The van der Waals surface area contributed by atoms with Crippen molar-refractivity contribution >= 4 is 21.9 Å². The van der Waals surface area contributed by atoms with E-state index < -0.39 is 0 Å². The SMILES string of the molecule is O=c1c2ccc(OCCN3CCCCC3)cc2oc2cc(OCCN3CCCCC3)ccc12. The summed E-state index contributed by atoms with van der Waals surface area (Å²) in [6.45, 7) is 7.76. The molecule has 0 radical (unpaired) electrons. The summed E-state index contributed by atoms with van der Waals surface area (Å²) in [5, 5.41) is 1.15. The van der Waals surface area contributed by atoms with E-state index in [4.69, 9.17) is 13.9 Å². The minimum absolute atomic E-state index is 0.0222.